The molecule has 2 aromatic rings. The number of ether oxygens (including phenoxy) is 1. The number of tetrazole rings is 1. The van der Waals surface area contributed by atoms with E-state index in [-0.39, 0.29) is 0 Å². The number of aromatic nitrogens is 4. The molecule has 0 aliphatic heterocycles. The Morgan fingerprint density at radius 2 is 2.28 bits per heavy atom. The Bertz CT molecular complexity index is 528. The summed E-state index contributed by atoms with van der Waals surface area (Å²) in [4.78, 5) is 0. The summed E-state index contributed by atoms with van der Waals surface area (Å²) in [7, 11) is 1.68. The molecular formula is C11H14BrN5O. The molecule has 0 spiro atoms. The van der Waals surface area contributed by atoms with E-state index in [0.29, 0.717) is 24.7 Å². The van der Waals surface area contributed by atoms with Crippen LogP contribution in [0.4, 0.5) is 5.69 Å². The molecule has 0 saturated carbocycles. The molecule has 1 heterocycles. The Balaban J connectivity index is 2.28. The van der Waals surface area contributed by atoms with Gasteiger partial charge in [0.25, 0.3) is 0 Å². The lowest BCUT2D eigenvalue weighted by Crippen LogP contribution is -2.06. The molecule has 18 heavy (non-hydrogen) atoms. The molecule has 2 rings (SSSR count). The van der Waals surface area contributed by atoms with Crippen LogP contribution in [0.1, 0.15) is 6.42 Å². The van der Waals surface area contributed by atoms with Crippen LogP contribution in [0.3, 0.4) is 0 Å². The first-order chi connectivity index (χ1) is 8.74. The second-order valence-electron chi connectivity index (χ2n) is 3.78. The van der Waals surface area contributed by atoms with E-state index in [1.54, 1.807) is 11.8 Å². The van der Waals surface area contributed by atoms with Crippen LogP contribution in [0.2, 0.25) is 0 Å². The molecule has 0 unspecified atom stereocenters. The summed E-state index contributed by atoms with van der Waals surface area (Å²) in [6.45, 7) is 1.38. The zero-order valence-corrected chi connectivity index (χ0v) is 11.6. The van der Waals surface area contributed by atoms with E-state index in [9.17, 15) is 0 Å². The van der Waals surface area contributed by atoms with Crippen LogP contribution in [-0.4, -0.2) is 33.9 Å². The summed E-state index contributed by atoms with van der Waals surface area (Å²) < 4.78 is 7.58. The van der Waals surface area contributed by atoms with Crippen molar-refractivity contribution in [1.29, 1.82) is 0 Å². The molecule has 1 aromatic heterocycles. The summed E-state index contributed by atoms with van der Waals surface area (Å²) in [6, 6.07) is 5.63. The van der Waals surface area contributed by atoms with Gasteiger partial charge < -0.3 is 10.5 Å². The lowest BCUT2D eigenvalue weighted by atomic mass is 10.2. The minimum absolute atomic E-state index is 0.666. The second-order valence-corrected chi connectivity index (χ2v) is 4.57. The first-order valence-electron chi connectivity index (χ1n) is 5.53. The number of anilines is 1. The predicted molar refractivity (Wildman–Crippen MR) is 71.9 cm³/mol. The molecule has 7 heteroatoms. The molecule has 0 fully saturated rings. The Labute approximate surface area is 113 Å². The Morgan fingerprint density at radius 3 is 3.06 bits per heavy atom. The second kappa shape index (κ2) is 5.92. The number of methoxy groups -OCH3 is 1. The maximum atomic E-state index is 5.85. The summed E-state index contributed by atoms with van der Waals surface area (Å²) in [5, 5.41) is 11.7. The van der Waals surface area contributed by atoms with Crippen molar-refractivity contribution >= 4 is 21.6 Å². The highest BCUT2D eigenvalue weighted by molar-refractivity contribution is 9.10. The van der Waals surface area contributed by atoms with Crippen LogP contribution >= 0.6 is 15.9 Å². The molecule has 2 N–H and O–H groups in total. The van der Waals surface area contributed by atoms with Gasteiger partial charge in [0.05, 0.1) is 4.47 Å². The number of aryl methyl sites for hydroxylation is 1. The summed E-state index contributed by atoms with van der Waals surface area (Å²) in [6.07, 6.45) is 0.856. The predicted octanol–water partition coefficient (Wildman–Crippen LogP) is 1.72. The number of hydrogen-bond acceptors (Lipinski definition) is 5. The molecule has 0 aliphatic carbocycles. The third-order valence-electron chi connectivity index (χ3n) is 2.52. The first kappa shape index (κ1) is 13.0. The van der Waals surface area contributed by atoms with Crippen LogP contribution in [0.15, 0.2) is 22.7 Å². The van der Waals surface area contributed by atoms with E-state index in [0.717, 1.165) is 16.5 Å². The van der Waals surface area contributed by atoms with E-state index in [4.69, 9.17) is 10.5 Å². The molecular weight excluding hydrogens is 298 g/mol. The minimum Gasteiger partial charge on any atom is -0.398 e. The van der Waals surface area contributed by atoms with Crippen LogP contribution in [0.5, 0.6) is 0 Å². The lowest BCUT2D eigenvalue weighted by Gasteiger charge is -2.07. The highest BCUT2D eigenvalue weighted by Crippen LogP contribution is 2.30. The van der Waals surface area contributed by atoms with Gasteiger partial charge in [-0.1, -0.05) is 6.07 Å². The van der Waals surface area contributed by atoms with Crippen LogP contribution in [0, 0.1) is 0 Å². The van der Waals surface area contributed by atoms with E-state index < -0.39 is 0 Å². The van der Waals surface area contributed by atoms with Crippen molar-refractivity contribution in [1.82, 2.24) is 20.2 Å². The number of nitrogen functional groups attached to an aromatic ring is 1. The number of hydrogen-bond donors (Lipinski definition) is 1. The zero-order valence-electron chi connectivity index (χ0n) is 10.0. The van der Waals surface area contributed by atoms with Crippen molar-refractivity contribution in [3.63, 3.8) is 0 Å². The fourth-order valence-electron chi connectivity index (χ4n) is 1.63. The zero-order chi connectivity index (χ0) is 13.0. The van der Waals surface area contributed by atoms with Gasteiger partial charge in [-0.15, -0.1) is 5.10 Å². The largest absolute Gasteiger partial charge is 0.398 e. The van der Waals surface area contributed by atoms with Crippen LogP contribution in [0.25, 0.3) is 11.4 Å². The molecule has 0 atom stereocenters. The van der Waals surface area contributed by atoms with Gasteiger partial charge in [0.15, 0.2) is 5.82 Å². The number of halogens is 1. The van der Waals surface area contributed by atoms with Gasteiger partial charge in [-0.25, -0.2) is 4.68 Å². The minimum atomic E-state index is 0.666. The van der Waals surface area contributed by atoms with Gasteiger partial charge in [-0.3, -0.25) is 0 Å². The summed E-state index contributed by atoms with van der Waals surface area (Å²) >= 11 is 3.46. The lowest BCUT2D eigenvalue weighted by molar-refractivity contribution is 0.189. The smallest absolute Gasteiger partial charge is 0.183 e. The van der Waals surface area contributed by atoms with Crippen molar-refractivity contribution in [2.45, 2.75) is 13.0 Å². The molecule has 96 valence electrons. The van der Waals surface area contributed by atoms with E-state index in [2.05, 4.69) is 31.5 Å². The Hall–Kier alpha value is -1.47. The average Bonchev–Trinajstić information content (AvgIpc) is 2.81. The van der Waals surface area contributed by atoms with Crippen LogP contribution < -0.4 is 5.73 Å². The topological polar surface area (TPSA) is 78.8 Å². The average molecular weight is 312 g/mol. The molecule has 6 nitrogen and oxygen atoms in total. The SMILES string of the molecule is COCCCn1nnnc1-c1cccc(N)c1Br. The Morgan fingerprint density at radius 1 is 1.44 bits per heavy atom. The fourth-order valence-corrected chi connectivity index (χ4v) is 2.07. The van der Waals surface area contributed by atoms with E-state index in [1.807, 2.05) is 18.2 Å². The van der Waals surface area contributed by atoms with Crippen molar-refractivity contribution in [3.05, 3.63) is 22.7 Å². The summed E-state index contributed by atoms with van der Waals surface area (Å²) in [5.74, 6) is 0.699. The maximum absolute atomic E-state index is 5.85. The Kier molecular flexibility index (Phi) is 4.27. The first-order valence-corrected chi connectivity index (χ1v) is 6.33. The van der Waals surface area contributed by atoms with E-state index >= 15 is 0 Å². The van der Waals surface area contributed by atoms with Crippen molar-refractivity contribution in [2.75, 3.05) is 19.5 Å². The number of nitrogens with two attached hydrogens (primary N) is 1. The van der Waals surface area contributed by atoms with Crippen LogP contribution in [-0.2, 0) is 11.3 Å². The quantitative estimate of drug-likeness (QED) is 0.672. The number of rotatable bonds is 5. The highest BCUT2D eigenvalue weighted by atomic mass is 79.9. The molecule has 0 radical (unpaired) electrons. The van der Waals surface area contributed by atoms with Gasteiger partial charge in [-0.05, 0) is 44.9 Å². The van der Waals surface area contributed by atoms with Gasteiger partial charge in [-0.2, -0.15) is 0 Å². The number of benzene rings is 1. The highest BCUT2D eigenvalue weighted by Gasteiger charge is 2.13. The standard InChI is InChI=1S/C11H14BrN5O/c1-18-7-3-6-17-11(14-15-16-17)8-4-2-5-9(13)10(8)12/h2,4-5H,3,6-7,13H2,1H3. The molecule has 0 amide bonds. The van der Waals surface area contributed by atoms with Crippen molar-refractivity contribution in [3.8, 4) is 11.4 Å². The van der Waals surface area contributed by atoms with Gasteiger partial charge >= 0.3 is 0 Å². The molecule has 0 saturated heterocycles. The van der Waals surface area contributed by atoms with Crippen molar-refractivity contribution in [2.24, 2.45) is 0 Å². The van der Waals surface area contributed by atoms with Gasteiger partial charge in [0.2, 0.25) is 0 Å². The normalized spacial score (nSPS) is 10.8. The van der Waals surface area contributed by atoms with Gasteiger partial charge in [0, 0.05) is 31.5 Å². The third-order valence-corrected chi connectivity index (χ3v) is 3.40. The van der Waals surface area contributed by atoms with E-state index in [1.165, 1.54) is 0 Å². The molecule has 0 bridgehead atoms. The van der Waals surface area contributed by atoms with Gasteiger partial charge in [0.1, 0.15) is 0 Å². The monoisotopic (exact) mass is 311 g/mol. The number of nitrogens with zero attached hydrogens (tertiary/aromatic N) is 4. The van der Waals surface area contributed by atoms with Crippen molar-refractivity contribution < 1.29 is 4.74 Å². The third kappa shape index (κ3) is 2.68. The fraction of sp³-hybridized carbons (Fsp3) is 0.364. The molecule has 0 aliphatic rings. The summed E-state index contributed by atoms with van der Waals surface area (Å²) in [5.41, 5.74) is 7.41. The molecule has 1 aromatic carbocycles. The maximum Gasteiger partial charge on any atom is 0.183 e.